The zero-order valence-corrected chi connectivity index (χ0v) is 18.7. The van der Waals surface area contributed by atoms with Gasteiger partial charge in [-0.15, -0.1) is 0 Å². The van der Waals surface area contributed by atoms with Crippen molar-refractivity contribution in [2.24, 2.45) is 0 Å². The maximum Gasteiger partial charge on any atom is 0.254 e. The van der Waals surface area contributed by atoms with Crippen molar-refractivity contribution in [3.8, 4) is 11.5 Å². The first kappa shape index (κ1) is 21.5. The number of nitrogens with one attached hydrogen (secondary N) is 2. The zero-order chi connectivity index (χ0) is 23.8. The van der Waals surface area contributed by atoms with Gasteiger partial charge in [0.1, 0.15) is 0 Å². The number of rotatable bonds is 4. The Balaban J connectivity index is 1.52. The Bertz CT molecular complexity index is 1290. The zero-order valence-electron chi connectivity index (χ0n) is 18.7. The highest BCUT2D eigenvalue weighted by molar-refractivity contribution is 6.04. The minimum atomic E-state index is -0.658. The molecule has 3 aromatic carbocycles. The summed E-state index contributed by atoms with van der Waals surface area (Å²) in [5.41, 5.74) is 3.16. The number of benzene rings is 3. The second-order valence-electron chi connectivity index (χ2n) is 8.29. The van der Waals surface area contributed by atoms with Crippen molar-refractivity contribution in [3.05, 3.63) is 83.4 Å². The van der Waals surface area contributed by atoms with Gasteiger partial charge in [0.2, 0.25) is 18.6 Å². The Hall–Kier alpha value is -4.33. The van der Waals surface area contributed by atoms with Crippen LogP contribution in [-0.2, 0) is 9.59 Å². The van der Waals surface area contributed by atoms with Crippen molar-refractivity contribution in [2.75, 3.05) is 24.5 Å². The van der Waals surface area contributed by atoms with Crippen LogP contribution in [0.5, 0.6) is 11.5 Å². The summed E-state index contributed by atoms with van der Waals surface area (Å²) in [5, 5.41) is 5.68. The quantitative estimate of drug-likeness (QED) is 0.619. The van der Waals surface area contributed by atoms with E-state index in [-0.39, 0.29) is 24.5 Å². The van der Waals surface area contributed by atoms with Gasteiger partial charge in [-0.05, 0) is 53.6 Å². The highest BCUT2D eigenvalue weighted by Crippen LogP contribution is 2.45. The normalized spacial score (nSPS) is 18.3. The number of amides is 3. The predicted octanol–water partition coefficient (Wildman–Crippen LogP) is 3.92. The summed E-state index contributed by atoms with van der Waals surface area (Å²) in [6, 6.07) is 19.0. The lowest BCUT2D eigenvalue weighted by Gasteiger charge is -2.39. The van der Waals surface area contributed by atoms with E-state index in [0.29, 0.717) is 34.0 Å². The van der Waals surface area contributed by atoms with Crippen molar-refractivity contribution < 1.29 is 23.9 Å². The largest absolute Gasteiger partial charge is 0.454 e. The molecule has 2 atom stereocenters. The van der Waals surface area contributed by atoms with Crippen molar-refractivity contribution >= 4 is 29.1 Å². The molecular weight excluding hydrogens is 434 g/mol. The molecule has 0 saturated carbocycles. The Kier molecular flexibility index (Phi) is 5.41. The number of hydrogen-bond acceptors (Lipinski definition) is 5. The number of likely N-dealkylation sites (N-methyl/N-ethyl adjacent to an activating group) is 1. The Morgan fingerprint density at radius 1 is 0.912 bits per heavy atom. The van der Waals surface area contributed by atoms with E-state index in [1.165, 1.54) is 6.92 Å². The number of hydrogen-bond donors (Lipinski definition) is 2. The van der Waals surface area contributed by atoms with Gasteiger partial charge in [-0.25, -0.2) is 0 Å². The molecule has 2 aliphatic heterocycles. The van der Waals surface area contributed by atoms with Crippen LogP contribution in [0.15, 0.2) is 66.7 Å². The highest BCUT2D eigenvalue weighted by Gasteiger charge is 2.43. The summed E-state index contributed by atoms with van der Waals surface area (Å²) >= 11 is 0. The molecule has 0 bridgehead atoms. The lowest BCUT2D eigenvalue weighted by atomic mass is 9.79. The molecule has 0 radical (unpaired) electrons. The van der Waals surface area contributed by atoms with Crippen LogP contribution in [-0.4, -0.2) is 36.5 Å². The second kappa shape index (κ2) is 8.55. The third kappa shape index (κ3) is 3.83. The molecule has 0 aromatic heterocycles. The molecule has 8 nitrogen and oxygen atoms in total. The standard InChI is InChI=1S/C26H23N3O5/c1-15(30)27-17-8-10-18(11-9-17)28-25(31)23-19-5-3-4-6-20(19)26(32)29(2)24(23)16-7-12-21-22(13-16)34-14-33-21/h3-13,23-24H,14H2,1-2H3,(H,27,30)(H,28,31)/t23-,24+/m0/s1. The highest BCUT2D eigenvalue weighted by atomic mass is 16.7. The van der Waals surface area contributed by atoms with E-state index in [1.807, 2.05) is 24.3 Å². The number of nitrogens with zero attached hydrogens (tertiary/aromatic N) is 1. The summed E-state index contributed by atoms with van der Waals surface area (Å²) in [7, 11) is 1.70. The van der Waals surface area contributed by atoms with Crippen LogP contribution in [0.25, 0.3) is 0 Å². The molecule has 34 heavy (non-hydrogen) atoms. The molecule has 172 valence electrons. The lowest BCUT2D eigenvalue weighted by Crippen LogP contribution is -2.44. The summed E-state index contributed by atoms with van der Waals surface area (Å²) < 4.78 is 11.0. The van der Waals surface area contributed by atoms with Crippen LogP contribution in [0.4, 0.5) is 11.4 Å². The van der Waals surface area contributed by atoms with Gasteiger partial charge >= 0.3 is 0 Å². The number of fused-ring (bicyclic) bond motifs is 2. The van der Waals surface area contributed by atoms with E-state index >= 15 is 0 Å². The van der Waals surface area contributed by atoms with Crippen molar-refractivity contribution in [1.82, 2.24) is 4.90 Å². The molecule has 3 amide bonds. The lowest BCUT2D eigenvalue weighted by molar-refractivity contribution is -0.119. The molecule has 2 heterocycles. The van der Waals surface area contributed by atoms with Crippen LogP contribution in [0.1, 0.15) is 40.4 Å². The summed E-state index contributed by atoms with van der Waals surface area (Å²) in [5.74, 6) is -0.00740. The second-order valence-corrected chi connectivity index (χ2v) is 8.29. The van der Waals surface area contributed by atoms with Crippen LogP contribution in [0, 0.1) is 0 Å². The summed E-state index contributed by atoms with van der Waals surface area (Å²) in [6.45, 7) is 1.57. The number of carbonyl (C=O) groups excluding carboxylic acids is 3. The van der Waals surface area contributed by atoms with Gasteiger partial charge in [-0.1, -0.05) is 24.3 Å². The average Bonchev–Trinajstić information content (AvgIpc) is 3.30. The van der Waals surface area contributed by atoms with E-state index in [1.54, 1.807) is 54.4 Å². The third-order valence-corrected chi connectivity index (χ3v) is 6.07. The maximum atomic E-state index is 13.7. The number of carbonyl (C=O) groups is 3. The first-order chi connectivity index (χ1) is 16.4. The fourth-order valence-corrected chi connectivity index (χ4v) is 4.53. The van der Waals surface area contributed by atoms with Gasteiger partial charge in [-0.2, -0.15) is 0 Å². The minimum absolute atomic E-state index is 0.138. The Morgan fingerprint density at radius 2 is 1.59 bits per heavy atom. The molecule has 0 unspecified atom stereocenters. The minimum Gasteiger partial charge on any atom is -0.454 e. The molecule has 5 rings (SSSR count). The first-order valence-corrected chi connectivity index (χ1v) is 10.9. The van der Waals surface area contributed by atoms with Crippen LogP contribution >= 0.6 is 0 Å². The van der Waals surface area contributed by atoms with Crippen LogP contribution < -0.4 is 20.1 Å². The van der Waals surface area contributed by atoms with Crippen molar-refractivity contribution in [2.45, 2.75) is 18.9 Å². The first-order valence-electron chi connectivity index (χ1n) is 10.9. The molecule has 0 fully saturated rings. The Labute approximate surface area is 196 Å². The van der Waals surface area contributed by atoms with E-state index in [4.69, 9.17) is 9.47 Å². The molecular formula is C26H23N3O5. The molecule has 2 N–H and O–H groups in total. The molecule has 8 heteroatoms. The molecule has 0 aliphatic carbocycles. The third-order valence-electron chi connectivity index (χ3n) is 6.07. The van der Waals surface area contributed by atoms with Gasteiger partial charge in [0, 0.05) is 30.9 Å². The molecule has 3 aromatic rings. The monoisotopic (exact) mass is 457 g/mol. The SMILES string of the molecule is CC(=O)Nc1ccc(NC(=O)[C@H]2c3ccccc3C(=O)N(C)[C@@H]2c2ccc3c(c2)OCO3)cc1. The fraction of sp³-hybridized carbons (Fsp3) is 0.192. The molecule has 0 saturated heterocycles. The number of anilines is 2. The fourth-order valence-electron chi connectivity index (χ4n) is 4.53. The van der Waals surface area contributed by atoms with Gasteiger partial charge < -0.3 is 25.0 Å². The van der Waals surface area contributed by atoms with Gasteiger partial charge in [0.15, 0.2) is 11.5 Å². The number of ether oxygens (including phenoxy) is 2. The van der Waals surface area contributed by atoms with E-state index in [0.717, 1.165) is 5.56 Å². The van der Waals surface area contributed by atoms with E-state index < -0.39 is 12.0 Å². The topological polar surface area (TPSA) is 97.0 Å². The van der Waals surface area contributed by atoms with Crippen molar-refractivity contribution in [3.63, 3.8) is 0 Å². The summed E-state index contributed by atoms with van der Waals surface area (Å²) in [6.07, 6.45) is 0. The van der Waals surface area contributed by atoms with Crippen LogP contribution in [0.2, 0.25) is 0 Å². The maximum absolute atomic E-state index is 13.7. The van der Waals surface area contributed by atoms with E-state index in [9.17, 15) is 14.4 Å². The predicted molar refractivity (Wildman–Crippen MR) is 126 cm³/mol. The van der Waals surface area contributed by atoms with Gasteiger partial charge in [-0.3, -0.25) is 14.4 Å². The summed E-state index contributed by atoms with van der Waals surface area (Å²) in [4.78, 5) is 39.7. The molecule has 0 spiro atoms. The van der Waals surface area contributed by atoms with Gasteiger partial charge in [0.25, 0.3) is 5.91 Å². The average molecular weight is 457 g/mol. The molecule has 2 aliphatic rings. The smallest absolute Gasteiger partial charge is 0.254 e. The van der Waals surface area contributed by atoms with Crippen LogP contribution in [0.3, 0.4) is 0 Å². The van der Waals surface area contributed by atoms with Gasteiger partial charge in [0.05, 0.1) is 12.0 Å². The Morgan fingerprint density at radius 3 is 2.32 bits per heavy atom. The van der Waals surface area contributed by atoms with E-state index in [2.05, 4.69) is 10.6 Å². The van der Waals surface area contributed by atoms with Crippen molar-refractivity contribution in [1.29, 1.82) is 0 Å².